The van der Waals surface area contributed by atoms with E-state index >= 15 is 0 Å². The van der Waals surface area contributed by atoms with Gasteiger partial charge in [-0.15, -0.1) is 0 Å². The number of nitrogens with one attached hydrogen (secondary N) is 2. The van der Waals surface area contributed by atoms with Crippen molar-refractivity contribution in [2.24, 2.45) is 11.8 Å². The fraction of sp³-hybridized carbons (Fsp3) is 0.636. The fourth-order valence-electron chi connectivity index (χ4n) is 6.84. The summed E-state index contributed by atoms with van der Waals surface area (Å²) in [6, 6.07) is 10.8. The summed E-state index contributed by atoms with van der Waals surface area (Å²) in [5, 5.41) is 19.9. The first-order valence-electron chi connectivity index (χ1n) is 16.0. The maximum absolute atomic E-state index is 13.6. The SMILES string of the molecule is CC1CCC(OCC2CCCC2)[C@H](NC(=O)c2cc(C(=O)O)nn2CC(=O)N[C@H]2CCCC[C@@H]2OCc2ccccc2)C1. The first kappa shape index (κ1) is 31.2. The number of amides is 2. The lowest BCUT2D eigenvalue weighted by molar-refractivity contribution is -0.124. The van der Waals surface area contributed by atoms with Crippen LogP contribution in [0, 0.1) is 11.8 Å². The monoisotopic (exact) mass is 594 g/mol. The molecule has 234 valence electrons. The van der Waals surface area contributed by atoms with Gasteiger partial charge >= 0.3 is 5.97 Å². The number of carbonyl (C=O) groups excluding carboxylic acids is 2. The van der Waals surface area contributed by atoms with Crippen molar-refractivity contribution in [2.45, 2.75) is 115 Å². The highest BCUT2D eigenvalue weighted by atomic mass is 16.5. The Labute approximate surface area is 253 Å². The van der Waals surface area contributed by atoms with E-state index in [0.29, 0.717) is 25.0 Å². The highest BCUT2D eigenvalue weighted by molar-refractivity contribution is 5.96. The van der Waals surface area contributed by atoms with Crippen molar-refractivity contribution in [3.63, 3.8) is 0 Å². The number of hydrogen-bond acceptors (Lipinski definition) is 6. The zero-order chi connectivity index (χ0) is 30.2. The minimum absolute atomic E-state index is 0.0563. The summed E-state index contributed by atoms with van der Waals surface area (Å²) in [6.45, 7) is 3.09. The molecule has 0 aliphatic heterocycles. The molecule has 43 heavy (non-hydrogen) atoms. The average Bonchev–Trinajstić information content (AvgIpc) is 3.67. The van der Waals surface area contributed by atoms with Crippen LogP contribution in [0.2, 0.25) is 0 Å². The molecule has 5 atom stereocenters. The van der Waals surface area contributed by atoms with Crippen molar-refractivity contribution in [2.75, 3.05) is 6.61 Å². The Kier molecular flexibility index (Phi) is 10.9. The topological polar surface area (TPSA) is 132 Å². The molecule has 10 nitrogen and oxygen atoms in total. The van der Waals surface area contributed by atoms with E-state index in [1.807, 2.05) is 30.3 Å². The molecule has 3 aliphatic carbocycles. The third-order valence-corrected chi connectivity index (χ3v) is 9.27. The van der Waals surface area contributed by atoms with Gasteiger partial charge in [0.15, 0.2) is 5.69 Å². The molecule has 3 aliphatic rings. The van der Waals surface area contributed by atoms with Crippen molar-refractivity contribution in [1.29, 1.82) is 0 Å². The summed E-state index contributed by atoms with van der Waals surface area (Å²) in [6.07, 6.45) is 11.0. The zero-order valence-corrected chi connectivity index (χ0v) is 25.2. The third kappa shape index (κ3) is 8.66. The molecule has 1 aromatic heterocycles. The maximum Gasteiger partial charge on any atom is 0.356 e. The summed E-state index contributed by atoms with van der Waals surface area (Å²) in [7, 11) is 0. The lowest BCUT2D eigenvalue weighted by Crippen LogP contribution is -2.49. The third-order valence-electron chi connectivity index (χ3n) is 9.27. The second-order valence-electron chi connectivity index (χ2n) is 12.7. The van der Waals surface area contributed by atoms with Crippen LogP contribution in [0.5, 0.6) is 0 Å². The molecule has 2 unspecified atom stereocenters. The number of nitrogens with zero attached hydrogens (tertiary/aromatic N) is 2. The summed E-state index contributed by atoms with van der Waals surface area (Å²) in [4.78, 5) is 38.6. The van der Waals surface area contributed by atoms with Gasteiger partial charge in [-0.05, 0) is 62.3 Å². The number of carbonyl (C=O) groups is 3. The van der Waals surface area contributed by atoms with Crippen LogP contribution in [0.25, 0.3) is 0 Å². The summed E-state index contributed by atoms with van der Waals surface area (Å²) in [5.41, 5.74) is 0.858. The van der Waals surface area contributed by atoms with Crippen LogP contribution in [0.4, 0.5) is 0 Å². The molecule has 0 bridgehead atoms. The van der Waals surface area contributed by atoms with Gasteiger partial charge in [-0.3, -0.25) is 9.59 Å². The van der Waals surface area contributed by atoms with Crippen LogP contribution in [-0.2, 0) is 27.4 Å². The number of benzene rings is 1. The molecular formula is C33H46N4O6. The van der Waals surface area contributed by atoms with Crippen LogP contribution in [0.1, 0.15) is 104 Å². The number of carboxylic acid groups (broad SMARTS) is 1. The first-order chi connectivity index (χ1) is 20.9. The van der Waals surface area contributed by atoms with E-state index in [0.717, 1.165) is 50.5 Å². The Balaban J connectivity index is 1.22. The molecule has 3 fully saturated rings. The van der Waals surface area contributed by atoms with Gasteiger partial charge < -0.3 is 25.2 Å². The van der Waals surface area contributed by atoms with Crippen molar-refractivity contribution in [3.8, 4) is 0 Å². The number of hydrogen-bond donors (Lipinski definition) is 3. The lowest BCUT2D eigenvalue weighted by atomic mass is 9.84. The molecule has 1 aromatic carbocycles. The Morgan fingerprint density at radius 3 is 2.40 bits per heavy atom. The lowest BCUT2D eigenvalue weighted by Gasteiger charge is -2.35. The average molecular weight is 595 g/mol. The number of aromatic carboxylic acids is 1. The van der Waals surface area contributed by atoms with Crippen LogP contribution < -0.4 is 10.6 Å². The molecule has 3 N–H and O–H groups in total. The van der Waals surface area contributed by atoms with Crippen molar-refractivity contribution < 1.29 is 29.0 Å². The van der Waals surface area contributed by atoms with E-state index in [1.54, 1.807) is 0 Å². The van der Waals surface area contributed by atoms with Gasteiger partial charge in [-0.2, -0.15) is 5.10 Å². The number of ether oxygens (including phenoxy) is 2. The largest absolute Gasteiger partial charge is 0.476 e. The predicted molar refractivity (Wildman–Crippen MR) is 161 cm³/mol. The molecule has 3 saturated carbocycles. The van der Waals surface area contributed by atoms with E-state index in [-0.39, 0.29) is 48.1 Å². The summed E-state index contributed by atoms with van der Waals surface area (Å²) in [5.74, 6) is -1.00. The zero-order valence-electron chi connectivity index (χ0n) is 25.2. The minimum Gasteiger partial charge on any atom is -0.476 e. The van der Waals surface area contributed by atoms with Crippen molar-refractivity contribution >= 4 is 17.8 Å². The minimum atomic E-state index is -1.25. The standard InChI is InChI=1S/C33H46N4O6/c1-22-15-16-30(43-21-24-11-5-6-12-24)26(17-22)35-32(39)28-18-27(33(40)41)36-37(28)19-31(38)34-25-13-7-8-14-29(25)42-20-23-9-3-2-4-10-23/h2-4,9-10,18,22,24-26,29-30H,5-8,11-17,19-21H2,1H3,(H,34,38)(H,35,39)(H,40,41)/t22?,25-,26+,29-,30?/m0/s1. The van der Waals surface area contributed by atoms with Gasteiger partial charge in [0, 0.05) is 12.7 Å². The molecule has 0 radical (unpaired) electrons. The Hall–Kier alpha value is -3.24. The quantitative estimate of drug-likeness (QED) is 0.324. The molecule has 5 rings (SSSR count). The Morgan fingerprint density at radius 2 is 1.63 bits per heavy atom. The molecule has 2 amide bonds. The van der Waals surface area contributed by atoms with Crippen molar-refractivity contribution in [1.82, 2.24) is 20.4 Å². The molecule has 2 aromatic rings. The predicted octanol–water partition coefficient (Wildman–Crippen LogP) is 4.72. The van der Waals surface area contributed by atoms with Crippen LogP contribution in [0.3, 0.4) is 0 Å². The van der Waals surface area contributed by atoms with Crippen LogP contribution >= 0.6 is 0 Å². The second kappa shape index (κ2) is 15.0. The Bertz CT molecular complexity index is 1230. The molecule has 1 heterocycles. The summed E-state index contributed by atoms with van der Waals surface area (Å²) < 4.78 is 13.7. The van der Waals surface area contributed by atoms with Gasteiger partial charge in [0.1, 0.15) is 12.2 Å². The molecule has 0 saturated heterocycles. The number of carboxylic acids is 1. The molecule has 10 heteroatoms. The Morgan fingerprint density at radius 1 is 0.907 bits per heavy atom. The van der Waals surface area contributed by atoms with Crippen molar-refractivity contribution in [3.05, 3.63) is 53.3 Å². The molecule has 0 spiro atoms. The highest BCUT2D eigenvalue weighted by Crippen LogP contribution is 2.30. The maximum atomic E-state index is 13.6. The van der Waals surface area contributed by atoms with Crippen LogP contribution in [0.15, 0.2) is 36.4 Å². The van der Waals surface area contributed by atoms with E-state index in [9.17, 15) is 19.5 Å². The van der Waals surface area contributed by atoms with Crippen LogP contribution in [-0.4, -0.2) is 63.6 Å². The van der Waals surface area contributed by atoms with E-state index < -0.39 is 11.9 Å². The highest BCUT2D eigenvalue weighted by Gasteiger charge is 2.33. The van der Waals surface area contributed by atoms with Gasteiger partial charge in [-0.1, -0.05) is 62.9 Å². The second-order valence-corrected chi connectivity index (χ2v) is 12.7. The summed E-state index contributed by atoms with van der Waals surface area (Å²) >= 11 is 0. The number of aromatic nitrogens is 2. The number of rotatable bonds is 12. The first-order valence-corrected chi connectivity index (χ1v) is 16.0. The molecular weight excluding hydrogens is 548 g/mol. The van der Waals surface area contributed by atoms with E-state index in [2.05, 4.69) is 22.7 Å². The smallest absolute Gasteiger partial charge is 0.356 e. The van der Waals surface area contributed by atoms with E-state index in [4.69, 9.17) is 9.47 Å². The fourth-order valence-corrected chi connectivity index (χ4v) is 6.84. The van der Waals surface area contributed by atoms with Gasteiger partial charge in [-0.25, -0.2) is 9.48 Å². The van der Waals surface area contributed by atoms with Gasteiger partial charge in [0.05, 0.1) is 30.9 Å². The normalized spacial score (nSPS) is 26.2. The van der Waals surface area contributed by atoms with E-state index in [1.165, 1.54) is 36.4 Å². The van der Waals surface area contributed by atoms with Gasteiger partial charge in [0.25, 0.3) is 5.91 Å². The van der Waals surface area contributed by atoms with Gasteiger partial charge in [0.2, 0.25) is 5.91 Å².